The maximum Gasteiger partial charge on any atom is 0.340 e. The minimum absolute atomic E-state index is 0.000583. The van der Waals surface area contributed by atoms with Gasteiger partial charge in [-0.2, -0.15) is 0 Å². The zero-order chi connectivity index (χ0) is 26.7. The number of carbonyl (C=O) groups excluding carboxylic acids is 2. The van der Waals surface area contributed by atoms with Crippen molar-refractivity contribution in [1.82, 2.24) is 0 Å². The average molecular weight is 547 g/mol. The van der Waals surface area contributed by atoms with Gasteiger partial charge in [0.1, 0.15) is 5.75 Å². The molecule has 0 fully saturated rings. The maximum atomic E-state index is 13.5. The first kappa shape index (κ1) is 26.1. The van der Waals surface area contributed by atoms with Crippen LogP contribution < -0.4 is 23.8 Å². The summed E-state index contributed by atoms with van der Waals surface area (Å²) in [6, 6.07) is 15.0. The van der Waals surface area contributed by atoms with Crippen molar-refractivity contribution in [3.63, 3.8) is 0 Å². The molecule has 0 bridgehead atoms. The van der Waals surface area contributed by atoms with E-state index < -0.39 is 28.0 Å². The van der Waals surface area contributed by atoms with Crippen LogP contribution in [0.25, 0.3) is 0 Å². The van der Waals surface area contributed by atoms with Crippen molar-refractivity contribution in [3.05, 3.63) is 71.2 Å². The third-order valence-electron chi connectivity index (χ3n) is 5.62. The van der Waals surface area contributed by atoms with Crippen LogP contribution in [0.2, 0.25) is 5.02 Å². The molecule has 0 saturated carbocycles. The lowest BCUT2D eigenvalue weighted by molar-refractivity contribution is -0.122. The minimum Gasteiger partial charge on any atom is -0.493 e. The first-order valence-corrected chi connectivity index (χ1v) is 12.7. The van der Waals surface area contributed by atoms with E-state index in [1.165, 1.54) is 57.7 Å². The van der Waals surface area contributed by atoms with Crippen molar-refractivity contribution < 1.29 is 37.0 Å². The SMILES string of the molecule is COC(=O)c1cc(OC)c(OC)cc1NC(=O)[C@H]1CN(S(=O)(=O)c2ccc(Cl)cc2)c2ccccc2O1. The number of fused-ring (bicyclic) bond motifs is 1. The van der Waals surface area contributed by atoms with E-state index in [1.54, 1.807) is 24.3 Å². The largest absolute Gasteiger partial charge is 0.493 e. The average Bonchev–Trinajstić information content (AvgIpc) is 2.91. The molecule has 3 aromatic rings. The number of sulfonamides is 1. The first-order valence-electron chi connectivity index (χ1n) is 10.9. The summed E-state index contributed by atoms with van der Waals surface area (Å²) in [4.78, 5) is 25.7. The Balaban J connectivity index is 1.70. The lowest BCUT2D eigenvalue weighted by Crippen LogP contribution is -2.48. The van der Waals surface area contributed by atoms with Gasteiger partial charge in [-0.15, -0.1) is 0 Å². The van der Waals surface area contributed by atoms with Crippen molar-refractivity contribution in [2.24, 2.45) is 0 Å². The van der Waals surface area contributed by atoms with Crippen molar-refractivity contribution in [1.29, 1.82) is 0 Å². The van der Waals surface area contributed by atoms with Gasteiger partial charge in [-0.25, -0.2) is 13.2 Å². The second-order valence-electron chi connectivity index (χ2n) is 7.80. The fourth-order valence-corrected chi connectivity index (χ4v) is 5.38. The van der Waals surface area contributed by atoms with Crippen LogP contribution in [0.3, 0.4) is 0 Å². The van der Waals surface area contributed by atoms with Crippen molar-refractivity contribution in [2.45, 2.75) is 11.0 Å². The van der Waals surface area contributed by atoms with Crippen LogP contribution in [0.1, 0.15) is 10.4 Å². The van der Waals surface area contributed by atoms with E-state index >= 15 is 0 Å². The second kappa shape index (κ2) is 10.6. The molecule has 12 heteroatoms. The molecule has 37 heavy (non-hydrogen) atoms. The lowest BCUT2D eigenvalue weighted by atomic mass is 10.1. The monoisotopic (exact) mass is 546 g/mol. The molecule has 10 nitrogen and oxygen atoms in total. The Morgan fingerprint density at radius 1 is 1.00 bits per heavy atom. The van der Waals surface area contributed by atoms with Crippen molar-refractivity contribution in [3.8, 4) is 17.2 Å². The van der Waals surface area contributed by atoms with Gasteiger partial charge in [0, 0.05) is 17.2 Å². The van der Waals surface area contributed by atoms with Crippen LogP contribution in [0.4, 0.5) is 11.4 Å². The molecule has 0 saturated heterocycles. The Kier molecular flexibility index (Phi) is 7.46. The topological polar surface area (TPSA) is 120 Å². The number of anilines is 2. The fraction of sp³-hybridized carbons (Fsp3) is 0.200. The normalized spacial score (nSPS) is 14.7. The number of halogens is 1. The number of methoxy groups -OCH3 is 3. The molecular weight excluding hydrogens is 524 g/mol. The Labute approximate surface area is 218 Å². The summed E-state index contributed by atoms with van der Waals surface area (Å²) in [5.41, 5.74) is 0.363. The van der Waals surface area contributed by atoms with Gasteiger partial charge in [-0.05, 0) is 36.4 Å². The van der Waals surface area contributed by atoms with Gasteiger partial charge in [0.15, 0.2) is 17.6 Å². The molecule has 1 N–H and O–H groups in total. The van der Waals surface area contributed by atoms with Gasteiger partial charge in [0.25, 0.3) is 15.9 Å². The van der Waals surface area contributed by atoms with Gasteiger partial charge in [0.05, 0.1) is 49.7 Å². The van der Waals surface area contributed by atoms with E-state index in [1.807, 2.05) is 0 Å². The highest BCUT2D eigenvalue weighted by atomic mass is 35.5. The van der Waals surface area contributed by atoms with Gasteiger partial charge in [-0.3, -0.25) is 9.10 Å². The molecule has 1 aliphatic heterocycles. The van der Waals surface area contributed by atoms with Crippen LogP contribution in [-0.2, 0) is 19.6 Å². The van der Waals surface area contributed by atoms with Gasteiger partial charge < -0.3 is 24.3 Å². The molecule has 1 heterocycles. The molecule has 0 unspecified atom stereocenters. The van der Waals surface area contributed by atoms with E-state index in [2.05, 4.69) is 5.32 Å². The summed E-state index contributed by atoms with van der Waals surface area (Å²) < 4.78 is 49.4. The molecule has 4 rings (SSSR count). The Bertz CT molecular complexity index is 1440. The van der Waals surface area contributed by atoms with Crippen LogP contribution >= 0.6 is 11.6 Å². The molecule has 0 spiro atoms. The van der Waals surface area contributed by atoms with Gasteiger partial charge in [-0.1, -0.05) is 23.7 Å². The highest BCUT2D eigenvalue weighted by Gasteiger charge is 2.38. The third kappa shape index (κ3) is 5.13. The summed E-state index contributed by atoms with van der Waals surface area (Å²) in [7, 11) is -0.0653. The first-order chi connectivity index (χ1) is 17.7. The number of ether oxygens (including phenoxy) is 4. The highest BCUT2D eigenvalue weighted by Crippen LogP contribution is 2.38. The van der Waals surface area contributed by atoms with E-state index in [0.717, 1.165) is 4.31 Å². The van der Waals surface area contributed by atoms with Gasteiger partial charge >= 0.3 is 5.97 Å². The van der Waals surface area contributed by atoms with Crippen LogP contribution in [0.5, 0.6) is 17.2 Å². The molecular formula is C25H23ClN2O8S. The molecule has 3 aromatic carbocycles. The van der Waals surface area contributed by atoms with Crippen LogP contribution in [0, 0.1) is 0 Å². The summed E-state index contributed by atoms with van der Waals surface area (Å²) in [6.45, 7) is -0.325. The molecule has 0 radical (unpaired) electrons. The molecule has 1 amide bonds. The molecule has 194 valence electrons. The number of para-hydroxylation sites is 2. The zero-order valence-corrected chi connectivity index (χ0v) is 21.6. The quantitative estimate of drug-likeness (QED) is 0.445. The Hall–Kier alpha value is -3.96. The van der Waals surface area contributed by atoms with E-state index in [0.29, 0.717) is 5.02 Å². The predicted octanol–water partition coefficient (Wildman–Crippen LogP) is 3.74. The summed E-state index contributed by atoms with van der Waals surface area (Å²) in [5, 5.41) is 3.02. The van der Waals surface area contributed by atoms with Crippen LogP contribution in [0.15, 0.2) is 65.6 Å². The summed E-state index contributed by atoms with van der Waals surface area (Å²) in [5.74, 6) is -0.704. The third-order valence-corrected chi connectivity index (χ3v) is 7.66. The van der Waals surface area contributed by atoms with Crippen molar-refractivity contribution in [2.75, 3.05) is 37.5 Å². The van der Waals surface area contributed by atoms with Crippen molar-refractivity contribution >= 4 is 44.9 Å². The standard InChI is InChI=1S/C25H23ClN2O8S/c1-33-21-12-17(25(30)35-3)18(13-22(21)34-2)27-24(29)23-14-28(19-6-4-5-7-20(19)36-23)37(31,32)16-10-8-15(26)9-11-16/h4-13,23H,14H2,1-3H3,(H,27,29)/t23-/m1/s1. The Morgan fingerprint density at radius 3 is 2.30 bits per heavy atom. The van der Waals surface area contributed by atoms with Gasteiger partial charge in [0.2, 0.25) is 0 Å². The summed E-state index contributed by atoms with van der Waals surface area (Å²) >= 11 is 5.93. The number of nitrogens with zero attached hydrogens (tertiary/aromatic N) is 1. The number of hydrogen-bond donors (Lipinski definition) is 1. The molecule has 0 aliphatic carbocycles. The van der Waals surface area contributed by atoms with Crippen LogP contribution in [-0.4, -0.2) is 54.3 Å². The zero-order valence-electron chi connectivity index (χ0n) is 20.1. The fourth-order valence-electron chi connectivity index (χ4n) is 3.77. The molecule has 0 aromatic heterocycles. The highest BCUT2D eigenvalue weighted by molar-refractivity contribution is 7.92. The maximum absolute atomic E-state index is 13.5. The number of esters is 1. The molecule has 1 atom stereocenters. The van der Waals surface area contributed by atoms with E-state index in [4.69, 9.17) is 30.5 Å². The Morgan fingerprint density at radius 2 is 1.65 bits per heavy atom. The molecule has 1 aliphatic rings. The number of nitrogens with one attached hydrogen (secondary N) is 1. The summed E-state index contributed by atoms with van der Waals surface area (Å²) in [6.07, 6.45) is -1.25. The number of benzene rings is 3. The number of hydrogen-bond acceptors (Lipinski definition) is 8. The van der Waals surface area contributed by atoms with E-state index in [9.17, 15) is 18.0 Å². The number of amides is 1. The van der Waals surface area contributed by atoms with E-state index in [-0.39, 0.29) is 45.6 Å². The number of carbonyl (C=O) groups is 2. The second-order valence-corrected chi connectivity index (χ2v) is 10.1. The predicted molar refractivity (Wildman–Crippen MR) is 136 cm³/mol. The lowest BCUT2D eigenvalue weighted by Gasteiger charge is -2.34. The minimum atomic E-state index is -4.07. The number of rotatable bonds is 7. The smallest absolute Gasteiger partial charge is 0.340 e.